The average Bonchev–Trinajstić information content (AvgIpc) is 3.26. The molecule has 0 bridgehead atoms. The smallest absolute Gasteiger partial charge is 0.105 e. The highest BCUT2D eigenvalue weighted by Crippen LogP contribution is 2.32. The van der Waals surface area contributed by atoms with Crippen molar-refractivity contribution in [2.45, 2.75) is 49.2 Å². The Hall–Kier alpha value is -1.32. The van der Waals surface area contributed by atoms with Crippen LogP contribution in [0, 0.1) is 13.8 Å². The van der Waals surface area contributed by atoms with E-state index < -0.39 is 0 Å². The van der Waals surface area contributed by atoms with Gasteiger partial charge in [-0.15, -0.1) is 0 Å². The van der Waals surface area contributed by atoms with E-state index in [1.807, 2.05) is 12.3 Å². The van der Waals surface area contributed by atoms with Crippen molar-refractivity contribution in [1.82, 2.24) is 10.3 Å². The summed E-state index contributed by atoms with van der Waals surface area (Å²) >= 11 is 1.78. The molecular formula is C17H20N2S. The van der Waals surface area contributed by atoms with E-state index in [2.05, 4.69) is 48.4 Å². The highest BCUT2D eigenvalue weighted by molar-refractivity contribution is 7.99. The number of aromatic nitrogens is 1. The Bertz CT molecular complexity index is 606. The fourth-order valence-electron chi connectivity index (χ4n) is 2.11. The normalized spacial score (nSPS) is 14.5. The molecule has 104 valence electrons. The van der Waals surface area contributed by atoms with Crippen molar-refractivity contribution in [2.75, 3.05) is 0 Å². The quantitative estimate of drug-likeness (QED) is 0.894. The number of nitrogens with zero attached hydrogens (tertiary/aromatic N) is 1. The minimum Gasteiger partial charge on any atom is -0.310 e. The third-order valence-corrected chi connectivity index (χ3v) is 4.78. The molecule has 0 radical (unpaired) electrons. The van der Waals surface area contributed by atoms with E-state index in [4.69, 9.17) is 0 Å². The number of nitrogens with one attached hydrogen (secondary N) is 1. The minimum absolute atomic E-state index is 0.730. The zero-order valence-electron chi connectivity index (χ0n) is 12.0. The third-order valence-electron chi connectivity index (χ3n) is 3.56. The van der Waals surface area contributed by atoms with Crippen LogP contribution >= 0.6 is 11.8 Å². The monoisotopic (exact) mass is 284 g/mol. The van der Waals surface area contributed by atoms with Gasteiger partial charge in [-0.25, -0.2) is 4.98 Å². The topological polar surface area (TPSA) is 24.9 Å². The average molecular weight is 284 g/mol. The number of hydrogen-bond donors (Lipinski definition) is 1. The predicted molar refractivity (Wildman–Crippen MR) is 84.1 cm³/mol. The second kappa shape index (κ2) is 5.98. The minimum atomic E-state index is 0.730. The molecule has 1 N–H and O–H groups in total. The molecule has 3 heteroatoms. The van der Waals surface area contributed by atoms with Gasteiger partial charge in [0.25, 0.3) is 0 Å². The van der Waals surface area contributed by atoms with Crippen LogP contribution in [0.5, 0.6) is 0 Å². The lowest BCUT2D eigenvalue weighted by molar-refractivity contribution is 0.675. The van der Waals surface area contributed by atoms with Crippen molar-refractivity contribution in [2.24, 2.45) is 0 Å². The first-order valence-electron chi connectivity index (χ1n) is 7.15. The number of rotatable bonds is 5. The van der Waals surface area contributed by atoms with E-state index in [9.17, 15) is 0 Å². The van der Waals surface area contributed by atoms with Gasteiger partial charge in [-0.1, -0.05) is 30.0 Å². The van der Waals surface area contributed by atoms with Gasteiger partial charge in [0.05, 0.1) is 0 Å². The molecule has 1 aliphatic rings. The molecule has 0 amide bonds. The summed E-state index contributed by atoms with van der Waals surface area (Å²) in [6, 6.07) is 11.5. The second-order valence-electron chi connectivity index (χ2n) is 5.49. The molecule has 3 rings (SSSR count). The molecule has 0 aliphatic heterocycles. The van der Waals surface area contributed by atoms with Crippen molar-refractivity contribution < 1.29 is 0 Å². The third kappa shape index (κ3) is 3.41. The van der Waals surface area contributed by atoms with Crippen LogP contribution in [0.15, 0.2) is 46.5 Å². The summed E-state index contributed by atoms with van der Waals surface area (Å²) in [7, 11) is 0. The number of aryl methyl sites for hydroxylation is 2. The van der Waals surface area contributed by atoms with Crippen LogP contribution in [0.2, 0.25) is 0 Å². The van der Waals surface area contributed by atoms with Crippen LogP contribution in [0.1, 0.15) is 29.5 Å². The van der Waals surface area contributed by atoms with Crippen molar-refractivity contribution >= 4 is 11.8 Å². The molecule has 0 spiro atoms. The van der Waals surface area contributed by atoms with E-state index in [1.54, 1.807) is 11.8 Å². The Kier molecular flexibility index (Phi) is 4.08. The molecule has 1 aromatic carbocycles. The van der Waals surface area contributed by atoms with Crippen molar-refractivity contribution in [1.29, 1.82) is 0 Å². The van der Waals surface area contributed by atoms with Crippen LogP contribution in [0.25, 0.3) is 0 Å². The van der Waals surface area contributed by atoms with Crippen LogP contribution in [-0.4, -0.2) is 11.0 Å². The summed E-state index contributed by atoms with van der Waals surface area (Å²) in [4.78, 5) is 5.87. The Morgan fingerprint density at radius 1 is 1.25 bits per heavy atom. The van der Waals surface area contributed by atoms with E-state index >= 15 is 0 Å². The molecule has 20 heavy (non-hydrogen) atoms. The van der Waals surface area contributed by atoms with Gasteiger partial charge in [0.2, 0.25) is 0 Å². The fraction of sp³-hybridized carbons (Fsp3) is 0.353. The fourth-order valence-corrected chi connectivity index (χ4v) is 3.18. The van der Waals surface area contributed by atoms with Crippen LogP contribution in [-0.2, 0) is 6.54 Å². The van der Waals surface area contributed by atoms with E-state index in [1.165, 1.54) is 34.4 Å². The Morgan fingerprint density at radius 2 is 2.10 bits per heavy atom. The molecule has 0 unspecified atom stereocenters. The lowest BCUT2D eigenvalue weighted by Gasteiger charge is -2.11. The Balaban J connectivity index is 1.80. The van der Waals surface area contributed by atoms with Crippen molar-refractivity contribution in [3.05, 3.63) is 53.2 Å². The maximum atomic E-state index is 4.57. The van der Waals surface area contributed by atoms with Gasteiger partial charge in [0.1, 0.15) is 5.03 Å². The maximum Gasteiger partial charge on any atom is 0.105 e. The lowest BCUT2D eigenvalue weighted by atomic mass is 10.2. The number of pyridine rings is 1. The van der Waals surface area contributed by atoms with Gasteiger partial charge < -0.3 is 5.32 Å². The van der Waals surface area contributed by atoms with Crippen LogP contribution in [0.3, 0.4) is 0 Å². The SMILES string of the molecule is Cc1ccc(C)c(Sc2ncccc2CNC2CC2)c1. The molecular weight excluding hydrogens is 264 g/mol. The number of benzene rings is 1. The molecule has 1 aromatic heterocycles. The first-order chi connectivity index (χ1) is 9.72. The van der Waals surface area contributed by atoms with Crippen LogP contribution < -0.4 is 5.32 Å². The van der Waals surface area contributed by atoms with Crippen LogP contribution in [0.4, 0.5) is 0 Å². The highest BCUT2D eigenvalue weighted by atomic mass is 32.2. The molecule has 1 fully saturated rings. The summed E-state index contributed by atoms with van der Waals surface area (Å²) in [6.45, 7) is 5.22. The molecule has 1 saturated carbocycles. The van der Waals surface area contributed by atoms with Gasteiger partial charge in [0.15, 0.2) is 0 Å². The predicted octanol–water partition coefficient (Wildman–Crippen LogP) is 4.10. The highest BCUT2D eigenvalue weighted by Gasteiger charge is 2.20. The first-order valence-corrected chi connectivity index (χ1v) is 7.96. The van der Waals surface area contributed by atoms with Gasteiger partial charge in [-0.05, 0) is 55.5 Å². The summed E-state index contributed by atoms with van der Waals surface area (Å²) < 4.78 is 0. The lowest BCUT2D eigenvalue weighted by Crippen LogP contribution is -2.16. The molecule has 1 aliphatic carbocycles. The van der Waals surface area contributed by atoms with Gasteiger partial charge in [-0.2, -0.15) is 0 Å². The zero-order valence-corrected chi connectivity index (χ0v) is 12.8. The Morgan fingerprint density at radius 3 is 2.90 bits per heavy atom. The molecule has 0 atom stereocenters. The van der Waals surface area contributed by atoms with Crippen molar-refractivity contribution in [3.63, 3.8) is 0 Å². The number of hydrogen-bond acceptors (Lipinski definition) is 3. The summed E-state index contributed by atoms with van der Waals surface area (Å²) in [5.74, 6) is 0. The zero-order chi connectivity index (χ0) is 13.9. The molecule has 2 nitrogen and oxygen atoms in total. The first kappa shape index (κ1) is 13.7. The van der Waals surface area contributed by atoms with E-state index in [0.29, 0.717) is 0 Å². The molecule has 2 aromatic rings. The second-order valence-corrected chi connectivity index (χ2v) is 6.52. The van der Waals surface area contributed by atoms with E-state index in [0.717, 1.165) is 17.6 Å². The summed E-state index contributed by atoms with van der Waals surface area (Å²) in [5.41, 5.74) is 3.91. The van der Waals surface area contributed by atoms with Crippen molar-refractivity contribution in [3.8, 4) is 0 Å². The van der Waals surface area contributed by atoms with Gasteiger partial charge >= 0.3 is 0 Å². The summed E-state index contributed by atoms with van der Waals surface area (Å²) in [6.07, 6.45) is 4.52. The standard InChI is InChI=1S/C17H20N2S/c1-12-5-6-13(2)16(10-12)20-17-14(4-3-9-18-17)11-19-15-7-8-15/h3-6,9-10,15,19H,7-8,11H2,1-2H3. The molecule has 1 heterocycles. The maximum absolute atomic E-state index is 4.57. The van der Waals surface area contributed by atoms with E-state index in [-0.39, 0.29) is 0 Å². The summed E-state index contributed by atoms with van der Waals surface area (Å²) in [5, 5.41) is 4.69. The van der Waals surface area contributed by atoms with Gasteiger partial charge in [-0.3, -0.25) is 0 Å². The largest absolute Gasteiger partial charge is 0.310 e. The van der Waals surface area contributed by atoms with Gasteiger partial charge in [0, 0.05) is 23.7 Å². The Labute approximate surface area is 125 Å². The molecule has 0 saturated heterocycles.